The highest BCUT2D eigenvalue weighted by molar-refractivity contribution is 5.78. The van der Waals surface area contributed by atoms with Gasteiger partial charge < -0.3 is 20.1 Å². The average molecular weight is 242 g/mol. The Kier molecular flexibility index (Phi) is 4.01. The number of nitrogens with one attached hydrogen (secondary N) is 1. The van der Waals surface area contributed by atoms with Gasteiger partial charge in [-0.05, 0) is 32.7 Å². The van der Waals surface area contributed by atoms with Gasteiger partial charge in [0.05, 0.1) is 0 Å². The van der Waals surface area contributed by atoms with Gasteiger partial charge in [0.1, 0.15) is 5.54 Å². The summed E-state index contributed by atoms with van der Waals surface area (Å²) in [6.45, 7) is 2.73. The zero-order valence-corrected chi connectivity index (χ0v) is 10.4. The zero-order chi connectivity index (χ0) is 12.3. The van der Waals surface area contributed by atoms with Crippen LogP contribution in [0.1, 0.15) is 25.7 Å². The van der Waals surface area contributed by atoms with Gasteiger partial charge in [-0.15, -0.1) is 0 Å². The van der Waals surface area contributed by atoms with Crippen LogP contribution in [-0.4, -0.2) is 60.9 Å². The number of rotatable bonds is 6. The third kappa shape index (κ3) is 3.18. The predicted octanol–water partition coefficient (Wildman–Crippen LogP) is 0.304. The summed E-state index contributed by atoms with van der Waals surface area (Å²) in [5, 5.41) is 12.6. The van der Waals surface area contributed by atoms with Crippen LogP contribution in [0.25, 0.3) is 0 Å². The molecule has 2 fully saturated rings. The number of ether oxygens (including phenoxy) is 1. The van der Waals surface area contributed by atoms with E-state index in [2.05, 4.69) is 17.3 Å². The molecule has 0 bridgehead atoms. The number of carbonyl (C=O) groups is 1. The standard InChI is InChI=1S/C12H22N2O3/c1-14(10-2-3-10)7-6-13-12(11(15)16)4-8-17-9-5-12/h10,13H,2-9H2,1H3,(H,15,16). The first-order chi connectivity index (χ1) is 8.14. The Morgan fingerprint density at radius 1 is 1.47 bits per heavy atom. The fourth-order valence-electron chi connectivity index (χ4n) is 2.36. The molecule has 2 N–H and O–H groups in total. The van der Waals surface area contributed by atoms with Crippen LogP contribution in [0, 0.1) is 0 Å². The van der Waals surface area contributed by atoms with Crippen molar-refractivity contribution in [2.75, 3.05) is 33.4 Å². The summed E-state index contributed by atoms with van der Waals surface area (Å²) in [7, 11) is 2.11. The molecule has 1 saturated heterocycles. The summed E-state index contributed by atoms with van der Waals surface area (Å²) in [6, 6.07) is 0.729. The molecule has 1 aliphatic heterocycles. The average Bonchev–Trinajstić information content (AvgIpc) is 3.14. The highest BCUT2D eigenvalue weighted by Crippen LogP contribution is 2.25. The van der Waals surface area contributed by atoms with E-state index in [0.717, 1.165) is 19.1 Å². The molecule has 5 heteroatoms. The van der Waals surface area contributed by atoms with Crippen molar-refractivity contribution in [1.29, 1.82) is 0 Å². The van der Waals surface area contributed by atoms with Crippen molar-refractivity contribution in [2.45, 2.75) is 37.3 Å². The number of nitrogens with zero attached hydrogens (tertiary/aromatic N) is 1. The Labute approximate surface area is 102 Å². The summed E-state index contributed by atoms with van der Waals surface area (Å²) in [6.07, 6.45) is 3.70. The molecule has 98 valence electrons. The lowest BCUT2D eigenvalue weighted by Gasteiger charge is -2.34. The molecule has 0 radical (unpaired) electrons. The Morgan fingerprint density at radius 2 is 2.12 bits per heavy atom. The van der Waals surface area contributed by atoms with Crippen LogP contribution in [-0.2, 0) is 9.53 Å². The Morgan fingerprint density at radius 3 is 2.65 bits per heavy atom. The summed E-state index contributed by atoms with van der Waals surface area (Å²) in [5.41, 5.74) is -0.761. The number of carboxylic acids is 1. The molecule has 1 saturated carbocycles. The van der Waals surface area contributed by atoms with Crippen molar-refractivity contribution in [3.05, 3.63) is 0 Å². The molecule has 0 aromatic carbocycles. The van der Waals surface area contributed by atoms with E-state index in [1.807, 2.05) is 0 Å². The number of aliphatic carboxylic acids is 1. The maximum absolute atomic E-state index is 11.4. The predicted molar refractivity (Wildman–Crippen MR) is 64.1 cm³/mol. The van der Waals surface area contributed by atoms with E-state index < -0.39 is 11.5 Å². The molecule has 0 unspecified atom stereocenters. The first-order valence-corrected chi connectivity index (χ1v) is 6.40. The minimum atomic E-state index is -0.761. The van der Waals surface area contributed by atoms with Crippen LogP contribution < -0.4 is 5.32 Å². The lowest BCUT2D eigenvalue weighted by Crippen LogP contribution is -2.56. The molecule has 0 atom stereocenters. The maximum atomic E-state index is 11.4. The second-order valence-electron chi connectivity index (χ2n) is 5.14. The summed E-state index contributed by atoms with van der Waals surface area (Å²) < 4.78 is 5.24. The van der Waals surface area contributed by atoms with Crippen LogP contribution >= 0.6 is 0 Å². The topological polar surface area (TPSA) is 61.8 Å². The van der Waals surface area contributed by atoms with E-state index in [-0.39, 0.29) is 0 Å². The first-order valence-electron chi connectivity index (χ1n) is 6.40. The monoisotopic (exact) mass is 242 g/mol. The molecule has 2 aliphatic rings. The second-order valence-corrected chi connectivity index (χ2v) is 5.14. The fraction of sp³-hybridized carbons (Fsp3) is 0.917. The summed E-state index contributed by atoms with van der Waals surface area (Å²) in [5.74, 6) is -0.741. The lowest BCUT2D eigenvalue weighted by atomic mass is 9.90. The van der Waals surface area contributed by atoms with Crippen LogP contribution in [0.5, 0.6) is 0 Å². The van der Waals surface area contributed by atoms with Gasteiger partial charge >= 0.3 is 5.97 Å². The Hall–Kier alpha value is -0.650. The number of carboxylic acid groups (broad SMARTS) is 1. The smallest absolute Gasteiger partial charge is 0.324 e. The molecule has 0 aromatic heterocycles. The Balaban J connectivity index is 1.78. The van der Waals surface area contributed by atoms with Crippen molar-refractivity contribution in [1.82, 2.24) is 10.2 Å². The minimum Gasteiger partial charge on any atom is -0.480 e. The second kappa shape index (κ2) is 5.33. The molecular formula is C12H22N2O3. The van der Waals surface area contributed by atoms with Gasteiger partial charge in [0.25, 0.3) is 0 Å². The van der Waals surface area contributed by atoms with Crippen LogP contribution in [0.2, 0.25) is 0 Å². The van der Waals surface area contributed by atoms with E-state index in [9.17, 15) is 9.90 Å². The van der Waals surface area contributed by atoms with E-state index >= 15 is 0 Å². The highest BCUT2D eigenvalue weighted by atomic mass is 16.5. The van der Waals surface area contributed by atoms with Crippen molar-refractivity contribution in [2.24, 2.45) is 0 Å². The van der Waals surface area contributed by atoms with Gasteiger partial charge in [-0.25, -0.2) is 0 Å². The van der Waals surface area contributed by atoms with E-state index in [1.54, 1.807) is 0 Å². The normalized spacial score (nSPS) is 23.9. The van der Waals surface area contributed by atoms with Gasteiger partial charge in [0.15, 0.2) is 0 Å². The Bertz CT molecular complexity index is 273. The van der Waals surface area contributed by atoms with E-state index in [4.69, 9.17) is 4.74 Å². The molecule has 1 aliphatic carbocycles. The van der Waals surface area contributed by atoms with Gasteiger partial charge in [0.2, 0.25) is 0 Å². The van der Waals surface area contributed by atoms with E-state index in [1.165, 1.54) is 12.8 Å². The summed E-state index contributed by atoms with van der Waals surface area (Å²) in [4.78, 5) is 13.7. The maximum Gasteiger partial charge on any atom is 0.324 e. The molecule has 0 aromatic rings. The first kappa shape index (κ1) is 12.8. The summed E-state index contributed by atoms with van der Waals surface area (Å²) >= 11 is 0. The van der Waals surface area contributed by atoms with Gasteiger partial charge in [-0.2, -0.15) is 0 Å². The molecule has 2 rings (SSSR count). The van der Waals surface area contributed by atoms with Gasteiger partial charge in [-0.1, -0.05) is 0 Å². The highest BCUT2D eigenvalue weighted by Gasteiger charge is 2.39. The van der Waals surface area contributed by atoms with Gasteiger partial charge in [-0.3, -0.25) is 4.79 Å². The molecule has 5 nitrogen and oxygen atoms in total. The largest absolute Gasteiger partial charge is 0.480 e. The van der Waals surface area contributed by atoms with Crippen molar-refractivity contribution < 1.29 is 14.6 Å². The van der Waals surface area contributed by atoms with Crippen molar-refractivity contribution >= 4 is 5.97 Å². The van der Waals surface area contributed by atoms with Crippen LogP contribution in [0.3, 0.4) is 0 Å². The van der Waals surface area contributed by atoms with Crippen LogP contribution in [0.4, 0.5) is 0 Å². The molecule has 0 amide bonds. The number of hydrogen-bond acceptors (Lipinski definition) is 4. The number of likely N-dealkylation sites (N-methyl/N-ethyl adjacent to an activating group) is 1. The van der Waals surface area contributed by atoms with Crippen LogP contribution in [0.15, 0.2) is 0 Å². The molecule has 17 heavy (non-hydrogen) atoms. The minimum absolute atomic E-state index is 0.539. The zero-order valence-electron chi connectivity index (χ0n) is 10.4. The van der Waals surface area contributed by atoms with Crippen molar-refractivity contribution in [3.63, 3.8) is 0 Å². The molecule has 0 spiro atoms. The number of hydrogen-bond donors (Lipinski definition) is 2. The van der Waals surface area contributed by atoms with E-state index in [0.29, 0.717) is 26.1 Å². The molecular weight excluding hydrogens is 220 g/mol. The quantitative estimate of drug-likeness (QED) is 0.701. The lowest BCUT2D eigenvalue weighted by molar-refractivity contribution is -0.149. The SMILES string of the molecule is CN(CCNC1(C(=O)O)CCOCC1)C1CC1. The molecule has 1 heterocycles. The third-order valence-corrected chi connectivity index (χ3v) is 3.85. The fourth-order valence-corrected chi connectivity index (χ4v) is 2.36. The van der Waals surface area contributed by atoms with Crippen molar-refractivity contribution in [3.8, 4) is 0 Å². The third-order valence-electron chi connectivity index (χ3n) is 3.85. The van der Waals surface area contributed by atoms with Gasteiger partial charge in [0, 0.05) is 32.3 Å².